The Morgan fingerprint density at radius 1 is 0.919 bits per heavy atom. The van der Waals surface area contributed by atoms with Crippen LogP contribution in [0, 0.1) is 5.92 Å². The summed E-state index contributed by atoms with van der Waals surface area (Å²) >= 11 is 0. The topological polar surface area (TPSA) is 235 Å². The summed E-state index contributed by atoms with van der Waals surface area (Å²) in [6, 6.07) is 4.33. The number of aliphatic hydroxyl groups is 1. The molecule has 0 saturated heterocycles. The van der Waals surface area contributed by atoms with E-state index in [2.05, 4.69) is 20.9 Å². The van der Waals surface area contributed by atoms with Gasteiger partial charge in [-0.15, -0.1) is 0 Å². The second kappa shape index (κ2) is 15.4. The predicted molar refractivity (Wildman–Crippen MR) is 138 cm³/mol. The van der Waals surface area contributed by atoms with E-state index >= 15 is 0 Å². The van der Waals surface area contributed by atoms with Crippen molar-refractivity contribution in [1.82, 2.24) is 16.0 Å². The molecular weight excluding hydrogens is 482 g/mol. The smallest absolute Gasteiger partial charge is 0.326 e. The van der Waals surface area contributed by atoms with Crippen LogP contribution in [-0.2, 0) is 25.6 Å². The van der Waals surface area contributed by atoms with Crippen LogP contribution in [0.2, 0.25) is 0 Å². The van der Waals surface area contributed by atoms with Crippen molar-refractivity contribution in [3.05, 3.63) is 35.9 Å². The average molecular weight is 522 g/mol. The molecule has 1 aromatic rings. The normalized spacial score (nSPS) is 15.0. The SMILES string of the molecule is CC(C)[C@H](NC(=O)[C@@H](NC(=O)[C@@H](N)Cc1ccccc1)[C@@H](C)O)C(=O)N[C@@H](CCCN=C(N)N)C(=O)O. The molecule has 206 valence electrons. The fourth-order valence-electron chi connectivity index (χ4n) is 3.43. The Labute approximate surface area is 216 Å². The Morgan fingerprint density at radius 2 is 1.49 bits per heavy atom. The van der Waals surface area contributed by atoms with Crippen molar-refractivity contribution in [2.75, 3.05) is 6.54 Å². The molecular formula is C24H39N7O6. The number of carbonyl (C=O) groups excluding carboxylic acids is 3. The summed E-state index contributed by atoms with van der Waals surface area (Å²) in [4.78, 5) is 53.8. The van der Waals surface area contributed by atoms with Gasteiger partial charge in [0.15, 0.2) is 5.96 Å². The molecule has 0 spiro atoms. The van der Waals surface area contributed by atoms with Crippen molar-refractivity contribution in [3.63, 3.8) is 0 Å². The Kier molecular flexibility index (Phi) is 13.0. The minimum absolute atomic E-state index is 0.0578. The number of benzene rings is 1. The average Bonchev–Trinajstić information content (AvgIpc) is 2.82. The zero-order valence-corrected chi connectivity index (χ0v) is 21.4. The number of nitrogens with one attached hydrogen (secondary N) is 3. The molecule has 0 heterocycles. The van der Waals surface area contributed by atoms with Gasteiger partial charge in [0.2, 0.25) is 17.7 Å². The number of aliphatic carboxylic acids is 1. The van der Waals surface area contributed by atoms with E-state index in [4.69, 9.17) is 17.2 Å². The number of nitrogens with two attached hydrogens (primary N) is 3. The van der Waals surface area contributed by atoms with E-state index < -0.39 is 59.9 Å². The lowest BCUT2D eigenvalue weighted by molar-refractivity contribution is -0.143. The minimum atomic E-state index is -1.39. The van der Waals surface area contributed by atoms with Crippen LogP contribution in [0.5, 0.6) is 0 Å². The molecule has 0 radical (unpaired) electrons. The lowest BCUT2D eigenvalue weighted by atomic mass is 10.0. The number of hydrogen-bond donors (Lipinski definition) is 8. The third kappa shape index (κ3) is 11.3. The van der Waals surface area contributed by atoms with Gasteiger partial charge in [0.1, 0.15) is 18.1 Å². The van der Waals surface area contributed by atoms with Crippen molar-refractivity contribution in [2.24, 2.45) is 28.1 Å². The predicted octanol–water partition coefficient (Wildman–Crippen LogP) is -1.81. The van der Waals surface area contributed by atoms with Gasteiger partial charge in [-0.05, 0) is 37.7 Å². The molecule has 11 N–H and O–H groups in total. The quantitative estimate of drug-likeness (QED) is 0.0736. The van der Waals surface area contributed by atoms with Crippen molar-refractivity contribution >= 4 is 29.7 Å². The fraction of sp³-hybridized carbons (Fsp3) is 0.542. The maximum Gasteiger partial charge on any atom is 0.326 e. The van der Waals surface area contributed by atoms with Crippen molar-refractivity contribution in [2.45, 2.75) is 70.3 Å². The first-order valence-corrected chi connectivity index (χ1v) is 12.0. The molecule has 3 amide bonds. The molecule has 0 unspecified atom stereocenters. The van der Waals surface area contributed by atoms with Crippen molar-refractivity contribution in [3.8, 4) is 0 Å². The van der Waals surface area contributed by atoms with Crippen molar-refractivity contribution < 1.29 is 29.4 Å². The first kappa shape index (κ1) is 31.3. The van der Waals surface area contributed by atoms with Crippen LogP contribution in [-0.4, -0.2) is 76.7 Å². The number of rotatable bonds is 15. The van der Waals surface area contributed by atoms with Gasteiger partial charge in [0.05, 0.1) is 12.1 Å². The van der Waals surface area contributed by atoms with Crippen LogP contribution >= 0.6 is 0 Å². The second-order valence-electron chi connectivity index (χ2n) is 9.10. The number of aliphatic hydroxyl groups excluding tert-OH is 1. The van der Waals surface area contributed by atoms with Gasteiger partial charge in [0, 0.05) is 6.54 Å². The standard InChI is InChI=1S/C24H39N7O6/c1-13(2)18(21(34)29-17(23(36)37)10-7-11-28-24(26)27)30-22(35)19(14(3)32)31-20(33)16(25)12-15-8-5-4-6-9-15/h4-6,8-9,13-14,16-19,32H,7,10-12,25H2,1-3H3,(H,29,34)(H,30,35)(H,31,33)(H,36,37)(H4,26,27,28)/t14-,16+,17+,18+,19+/m1/s1. The molecule has 0 aliphatic heterocycles. The number of guanidine groups is 1. The van der Waals surface area contributed by atoms with Gasteiger partial charge < -0.3 is 43.4 Å². The number of aliphatic imine (C=N–C) groups is 1. The summed E-state index contributed by atoms with van der Waals surface area (Å²) in [5, 5.41) is 27.0. The third-order valence-electron chi connectivity index (χ3n) is 5.50. The minimum Gasteiger partial charge on any atom is -0.480 e. The van der Waals surface area contributed by atoms with E-state index in [1.54, 1.807) is 13.8 Å². The molecule has 0 fully saturated rings. The van der Waals surface area contributed by atoms with E-state index in [1.165, 1.54) is 6.92 Å². The van der Waals surface area contributed by atoms with Gasteiger partial charge in [-0.2, -0.15) is 0 Å². The van der Waals surface area contributed by atoms with E-state index in [9.17, 15) is 29.4 Å². The molecule has 0 saturated carbocycles. The first-order chi connectivity index (χ1) is 17.3. The molecule has 13 nitrogen and oxygen atoms in total. The molecule has 13 heteroatoms. The summed E-state index contributed by atoms with van der Waals surface area (Å²) in [6.07, 6.45) is -0.723. The number of carboxylic acids is 1. The Bertz CT molecular complexity index is 935. The van der Waals surface area contributed by atoms with Gasteiger partial charge in [0.25, 0.3) is 0 Å². The highest BCUT2D eigenvalue weighted by atomic mass is 16.4. The first-order valence-electron chi connectivity index (χ1n) is 12.0. The second-order valence-corrected chi connectivity index (χ2v) is 9.10. The van der Waals surface area contributed by atoms with Gasteiger partial charge in [-0.3, -0.25) is 19.4 Å². The van der Waals surface area contributed by atoms with Crippen LogP contribution in [0.4, 0.5) is 0 Å². The summed E-state index contributed by atoms with van der Waals surface area (Å²) < 4.78 is 0. The summed E-state index contributed by atoms with van der Waals surface area (Å²) in [5.41, 5.74) is 17.3. The number of carbonyl (C=O) groups is 4. The largest absolute Gasteiger partial charge is 0.480 e. The van der Waals surface area contributed by atoms with E-state index in [1.807, 2.05) is 30.3 Å². The van der Waals surface area contributed by atoms with E-state index in [0.29, 0.717) is 6.42 Å². The van der Waals surface area contributed by atoms with Crippen LogP contribution in [0.3, 0.4) is 0 Å². The Hall–Kier alpha value is -3.71. The fourth-order valence-corrected chi connectivity index (χ4v) is 3.43. The summed E-state index contributed by atoms with van der Waals surface area (Å²) in [6.45, 7) is 4.82. The number of hydrogen-bond acceptors (Lipinski definition) is 7. The third-order valence-corrected chi connectivity index (χ3v) is 5.50. The summed E-state index contributed by atoms with van der Waals surface area (Å²) in [7, 11) is 0. The molecule has 0 aliphatic carbocycles. The zero-order valence-electron chi connectivity index (χ0n) is 21.4. The van der Waals surface area contributed by atoms with Gasteiger partial charge >= 0.3 is 5.97 Å². The van der Waals surface area contributed by atoms with Gasteiger partial charge in [-0.1, -0.05) is 44.2 Å². The molecule has 1 rings (SSSR count). The number of carboxylic acid groups (broad SMARTS) is 1. The highest BCUT2D eigenvalue weighted by molar-refractivity contribution is 5.94. The Balaban J connectivity index is 2.84. The Morgan fingerprint density at radius 3 is 2.00 bits per heavy atom. The van der Waals surface area contributed by atoms with Crippen LogP contribution in [0.1, 0.15) is 39.2 Å². The molecule has 37 heavy (non-hydrogen) atoms. The maximum atomic E-state index is 13.0. The van der Waals surface area contributed by atoms with E-state index in [-0.39, 0.29) is 25.3 Å². The monoisotopic (exact) mass is 521 g/mol. The number of amides is 3. The van der Waals surface area contributed by atoms with E-state index in [0.717, 1.165) is 5.56 Å². The molecule has 0 aliphatic rings. The lowest BCUT2D eigenvalue weighted by Crippen LogP contribution is -2.60. The van der Waals surface area contributed by atoms with Gasteiger partial charge in [-0.25, -0.2) is 4.79 Å². The molecule has 0 bridgehead atoms. The highest BCUT2D eigenvalue weighted by Crippen LogP contribution is 2.07. The summed E-state index contributed by atoms with van der Waals surface area (Å²) in [5.74, 6) is -4.02. The van der Waals surface area contributed by atoms with Crippen LogP contribution in [0.25, 0.3) is 0 Å². The van der Waals surface area contributed by atoms with Crippen molar-refractivity contribution in [1.29, 1.82) is 0 Å². The maximum absolute atomic E-state index is 13.0. The lowest BCUT2D eigenvalue weighted by Gasteiger charge is -2.28. The number of nitrogens with zero attached hydrogens (tertiary/aromatic N) is 1. The zero-order chi connectivity index (χ0) is 28.1. The molecule has 1 aromatic carbocycles. The van der Waals surface area contributed by atoms with Crippen LogP contribution in [0.15, 0.2) is 35.3 Å². The van der Waals surface area contributed by atoms with Crippen LogP contribution < -0.4 is 33.2 Å². The molecule has 5 atom stereocenters. The molecule has 0 aromatic heterocycles. The highest BCUT2D eigenvalue weighted by Gasteiger charge is 2.33.